The highest BCUT2D eigenvalue weighted by molar-refractivity contribution is 6.09. The Kier molecular flexibility index (Phi) is 4.19. The molecule has 1 aromatic rings. The van der Waals surface area contributed by atoms with Crippen molar-refractivity contribution in [3.8, 4) is 0 Å². The molecular formula is C19H23N3O4. The van der Waals surface area contributed by atoms with E-state index in [0.29, 0.717) is 26.3 Å². The van der Waals surface area contributed by atoms with E-state index in [1.54, 1.807) is 11.8 Å². The van der Waals surface area contributed by atoms with Gasteiger partial charge in [0.25, 0.3) is 5.91 Å². The number of ether oxygens (including phenoxy) is 1. The number of nitrogens with zero attached hydrogens (tertiary/aromatic N) is 2. The second-order valence-corrected chi connectivity index (χ2v) is 7.28. The Bertz CT molecular complexity index is 772. The van der Waals surface area contributed by atoms with E-state index in [4.69, 9.17) is 4.74 Å². The highest BCUT2D eigenvalue weighted by Crippen LogP contribution is 2.32. The van der Waals surface area contributed by atoms with Crippen LogP contribution in [0, 0.1) is 0 Å². The Morgan fingerprint density at radius 2 is 1.92 bits per heavy atom. The van der Waals surface area contributed by atoms with Crippen molar-refractivity contribution in [2.75, 3.05) is 32.8 Å². The van der Waals surface area contributed by atoms with Gasteiger partial charge in [0.2, 0.25) is 5.91 Å². The molecule has 7 nitrogen and oxygen atoms in total. The van der Waals surface area contributed by atoms with Gasteiger partial charge in [-0.1, -0.05) is 18.2 Å². The van der Waals surface area contributed by atoms with Crippen LogP contribution in [-0.4, -0.2) is 60.5 Å². The number of urea groups is 1. The van der Waals surface area contributed by atoms with Crippen LogP contribution in [0.15, 0.2) is 18.2 Å². The summed E-state index contributed by atoms with van der Waals surface area (Å²) in [5.74, 6) is -0.600. The topological polar surface area (TPSA) is 79.0 Å². The van der Waals surface area contributed by atoms with E-state index in [-0.39, 0.29) is 18.4 Å². The van der Waals surface area contributed by atoms with Crippen molar-refractivity contribution >= 4 is 17.8 Å². The molecule has 26 heavy (non-hydrogen) atoms. The van der Waals surface area contributed by atoms with Crippen LogP contribution in [0.2, 0.25) is 0 Å². The fraction of sp³-hybridized carbons (Fsp3) is 0.526. The first-order chi connectivity index (χ1) is 12.5. The molecule has 1 atom stereocenters. The average Bonchev–Trinajstić information content (AvgIpc) is 3.21. The predicted octanol–water partition coefficient (Wildman–Crippen LogP) is 0.801. The van der Waals surface area contributed by atoms with Crippen molar-refractivity contribution in [3.63, 3.8) is 0 Å². The maximum Gasteiger partial charge on any atom is 0.325 e. The number of hydrogen-bond donors (Lipinski definition) is 1. The minimum absolute atomic E-state index is 0.227. The summed E-state index contributed by atoms with van der Waals surface area (Å²) in [4.78, 5) is 40.5. The molecule has 3 aliphatic rings. The predicted molar refractivity (Wildman–Crippen MR) is 93.5 cm³/mol. The normalized spacial score (nSPS) is 25.4. The lowest BCUT2D eigenvalue weighted by Crippen LogP contribution is -2.47. The van der Waals surface area contributed by atoms with Crippen LogP contribution in [0.3, 0.4) is 0 Å². The van der Waals surface area contributed by atoms with Crippen LogP contribution in [0.4, 0.5) is 4.79 Å². The third kappa shape index (κ3) is 2.76. The molecule has 0 saturated carbocycles. The van der Waals surface area contributed by atoms with Gasteiger partial charge in [0.1, 0.15) is 12.1 Å². The van der Waals surface area contributed by atoms with Crippen LogP contribution in [0.1, 0.15) is 30.0 Å². The van der Waals surface area contributed by atoms with E-state index >= 15 is 0 Å². The minimum Gasteiger partial charge on any atom is -0.378 e. The fourth-order valence-corrected chi connectivity index (χ4v) is 3.97. The van der Waals surface area contributed by atoms with E-state index in [1.165, 1.54) is 11.1 Å². The largest absolute Gasteiger partial charge is 0.378 e. The molecule has 0 radical (unpaired) electrons. The SMILES string of the molecule is C[C@@]1(c2ccc3c(c2)CCC3)NC(=O)N(CC(=O)N2CCOCC2)C1=O. The fourth-order valence-electron chi connectivity index (χ4n) is 3.97. The van der Waals surface area contributed by atoms with Gasteiger partial charge in [0.05, 0.1) is 13.2 Å². The highest BCUT2D eigenvalue weighted by Gasteiger charge is 2.50. The molecule has 0 unspecified atom stereocenters. The van der Waals surface area contributed by atoms with Gasteiger partial charge >= 0.3 is 6.03 Å². The second kappa shape index (κ2) is 6.39. The molecule has 1 aliphatic carbocycles. The Morgan fingerprint density at radius 1 is 1.19 bits per heavy atom. The quantitative estimate of drug-likeness (QED) is 0.812. The molecule has 0 spiro atoms. The number of rotatable bonds is 3. The molecule has 2 heterocycles. The molecule has 1 N–H and O–H groups in total. The number of morpholine rings is 1. The number of benzene rings is 1. The lowest BCUT2D eigenvalue weighted by Gasteiger charge is -2.28. The Hall–Kier alpha value is -2.41. The van der Waals surface area contributed by atoms with E-state index < -0.39 is 11.6 Å². The standard InChI is InChI=1S/C19H23N3O4/c1-19(15-6-5-13-3-2-4-14(13)11-15)17(24)22(18(25)20-19)12-16(23)21-7-9-26-10-8-21/h5-6,11H,2-4,7-10,12H2,1H3,(H,20,25)/t19-/m0/s1. The van der Waals surface area contributed by atoms with Crippen LogP contribution in [-0.2, 0) is 32.7 Å². The molecule has 1 aromatic carbocycles. The number of hydrogen-bond acceptors (Lipinski definition) is 4. The summed E-state index contributed by atoms with van der Waals surface area (Å²) in [6, 6.07) is 5.47. The molecule has 2 saturated heterocycles. The molecule has 138 valence electrons. The van der Waals surface area contributed by atoms with Crippen molar-refractivity contribution in [2.24, 2.45) is 0 Å². The Morgan fingerprint density at radius 3 is 2.69 bits per heavy atom. The highest BCUT2D eigenvalue weighted by atomic mass is 16.5. The Labute approximate surface area is 152 Å². The van der Waals surface area contributed by atoms with Gasteiger partial charge in [-0.15, -0.1) is 0 Å². The summed E-state index contributed by atoms with van der Waals surface area (Å²) in [7, 11) is 0. The molecule has 4 rings (SSSR count). The van der Waals surface area contributed by atoms with Gasteiger partial charge in [-0.05, 0) is 42.9 Å². The van der Waals surface area contributed by atoms with E-state index in [2.05, 4.69) is 5.32 Å². The van der Waals surface area contributed by atoms with Gasteiger partial charge in [0.15, 0.2) is 0 Å². The van der Waals surface area contributed by atoms with Crippen LogP contribution in [0.5, 0.6) is 0 Å². The molecule has 2 fully saturated rings. The van der Waals surface area contributed by atoms with Crippen LogP contribution < -0.4 is 5.32 Å². The van der Waals surface area contributed by atoms with Gasteiger partial charge in [0, 0.05) is 13.1 Å². The summed E-state index contributed by atoms with van der Waals surface area (Å²) in [6.07, 6.45) is 3.18. The van der Waals surface area contributed by atoms with E-state index in [1.807, 2.05) is 18.2 Å². The molecule has 2 aliphatic heterocycles. The first-order valence-electron chi connectivity index (χ1n) is 9.11. The lowest BCUT2D eigenvalue weighted by atomic mass is 9.89. The summed E-state index contributed by atoms with van der Waals surface area (Å²) in [5, 5.41) is 2.79. The summed E-state index contributed by atoms with van der Waals surface area (Å²) in [6.45, 7) is 3.43. The van der Waals surface area contributed by atoms with Gasteiger partial charge in [-0.2, -0.15) is 0 Å². The molecule has 0 aromatic heterocycles. The first kappa shape index (κ1) is 17.0. The van der Waals surface area contributed by atoms with Crippen LogP contribution >= 0.6 is 0 Å². The Balaban J connectivity index is 1.53. The molecule has 4 amide bonds. The number of carbonyl (C=O) groups excluding carboxylic acids is 3. The third-order valence-corrected chi connectivity index (χ3v) is 5.61. The molecule has 0 bridgehead atoms. The number of carbonyl (C=O) groups is 3. The zero-order chi connectivity index (χ0) is 18.3. The zero-order valence-corrected chi connectivity index (χ0v) is 14.9. The number of aryl methyl sites for hydroxylation is 2. The van der Waals surface area contributed by atoms with Crippen LogP contribution in [0.25, 0.3) is 0 Å². The van der Waals surface area contributed by atoms with E-state index in [9.17, 15) is 14.4 Å². The first-order valence-corrected chi connectivity index (χ1v) is 9.11. The number of amides is 4. The van der Waals surface area contributed by atoms with E-state index in [0.717, 1.165) is 29.7 Å². The summed E-state index contributed by atoms with van der Waals surface area (Å²) >= 11 is 0. The average molecular weight is 357 g/mol. The van der Waals surface area contributed by atoms with Crippen molar-refractivity contribution in [1.29, 1.82) is 0 Å². The van der Waals surface area contributed by atoms with Crippen molar-refractivity contribution in [1.82, 2.24) is 15.1 Å². The van der Waals surface area contributed by atoms with Gasteiger partial charge < -0.3 is 15.0 Å². The zero-order valence-electron chi connectivity index (χ0n) is 14.9. The monoisotopic (exact) mass is 357 g/mol. The summed E-state index contributed by atoms with van der Waals surface area (Å²) < 4.78 is 5.24. The minimum atomic E-state index is -1.13. The van der Waals surface area contributed by atoms with Gasteiger partial charge in [-0.3, -0.25) is 14.5 Å². The molecular weight excluding hydrogens is 334 g/mol. The van der Waals surface area contributed by atoms with Crippen molar-refractivity contribution in [2.45, 2.75) is 31.7 Å². The maximum absolute atomic E-state index is 13.0. The number of fused-ring (bicyclic) bond motifs is 1. The third-order valence-electron chi connectivity index (χ3n) is 5.61. The number of nitrogens with one attached hydrogen (secondary N) is 1. The second-order valence-electron chi connectivity index (χ2n) is 7.28. The number of imide groups is 1. The maximum atomic E-state index is 13.0. The summed E-state index contributed by atoms with van der Waals surface area (Å²) in [5.41, 5.74) is 2.21. The smallest absolute Gasteiger partial charge is 0.325 e. The van der Waals surface area contributed by atoms with Crippen molar-refractivity contribution < 1.29 is 19.1 Å². The van der Waals surface area contributed by atoms with Crippen molar-refractivity contribution in [3.05, 3.63) is 34.9 Å². The van der Waals surface area contributed by atoms with Gasteiger partial charge in [-0.25, -0.2) is 4.79 Å². The lowest BCUT2D eigenvalue weighted by molar-refractivity contribution is -0.141. The molecule has 7 heteroatoms.